The highest BCUT2D eigenvalue weighted by atomic mass is 32.5. The lowest BCUT2D eigenvalue weighted by Crippen LogP contribution is -2.10. The normalized spacial score (nSPS) is 13.4. The quantitative estimate of drug-likeness (QED) is 0.482. The Morgan fingerprint density at radius 1 is 1.10 bits per heavy atom. The summed E-state index contributed by atoms with van der Waals surface area (Å²) in [5.74, 6) is 0.449. The van der Waals surface area contributed by atoms with Gasteiger partial charge in [-0.1, -0.05) is 18.2 Å². The van der Waals surface area contributed by atoms with E-state index in [9.17, 15) is 10.1 Å². The first-order valence-corrected chi connectivity index (χ1v) is 8.34. The molecule has 0 aliphatic carbocycles. The van der Waals surface area contributed by atoms with Crippen LogP contribution in [0.4, 0.5) is 5.69 Å². The Bertz CT molecular complexity index is 645. The van der Waals surface area contributed by atoms with Crippen molar-refractivity contribution in [3.8, 4) is 5.75 Å². The molecular formula is C13H12NO4PS. The van der Waals surface area contributed by atoms with E-state index in [1.807, 2.05) is 30.3 Å². The monoisotopic (exact) mass is 309 g/mol. The maximum Gasteiger partial charge on any atom is 0.269 e. The molecule has 0 bridgehead atoms. The van der Waals surface area contributed by atoms with Gasteiger partial charge in [-0.2, -0.15) is 0 Å². The highest BCUT2D eigenvalue weighted by molar-refractivity contribution is 8.13. The van der Waals surface area contributed by atoms with Gasteiger partial charge in [0.1, 0.15) is 5.75 Å². The van der Waals surface area contributed by atoms with Gasteiger partial charge in [0.2, 0.25) is 0 Å². The molecule has 0 radical (unpaired) electrons. The Hall–Kier alpha value is -1.75. The molecular weight excluding hydrogens is 297 g/mol. The molecule has 0 N–H and O–H groups in total. The van der Waals surface area contributed by atoms with Crippen LogP contribution < -0.4 is 9.83 Å². The molecule has 1 atom stereocenters. The fourth-order valence-electron chi connectivity index (χ4n) is 1.57. The summed E-state index contributed by atoms with van der Waals surface area (Å²) in [5.41, 5.74) is 0.00257. The number of hydrogen-bond acceptors (Lipinski definition) is 5. The zero-order valence-corrected chi connectivity index (χ0v) is 12.3. The predicted molar refractivity (Wildman–Crippen MR) is 81.1 cm³/mol. The van der Waals surface area contributed by atoms with Crippen molar-refractivity contribution in [3.05, 3.63) is 64.7 Å². The Morgan fingerprint density at radius 3 is 2.20 bits per heavy atom. The van der Waals surface area contributed by atoms with E-state index in [-0.39, 0.29) is 5.69 Å². The fourth-order valence-corrected chi connectivity index (χ4v) is 3.52. The average molecular weight is 309 g/mol. The third-order valence-electron chi connectivity index (χ3n) is 2.59. The first kappa shape index (κ1) is 14.7. The highest BCUT2D eigenvalue weighted by Gasteiger charge is 2.22. The van der Waals surface area contributed by atoms with Gasteiger partial charge in [-0.05, 0) is 36.1 Å². The number of benzene rings is 2. The summed E-state index contributed by atoms with van der Waals surface area (Å²) >= 11 is 5.47. The van der Waals surface area contributed by atoms with Crippen molar-refractivity contribution in [2.24, 2.45) is 0 Å². The van der Waals surface area contributed by atoms with Crippen LogP contribution in [0.5, 0.6) is 5.75 Å². The fraction of sp³-hybridized carbons (Fsp3) is 0.0769. The molecule has 0 fully saturated rings. The van der Waals surface area contributed by atoms with Crippen molar-refractivity contribution in [1.29, 1.82) is 0 Å². The number of nitro benzene ring substituents is 1. The molecule has 2 aromatic rings. The van der Waals surface area contributed by atoms with E-state index in [4.69, 9.17) is 20.9 Å². The second-order valence-corrected chi connectivity index (χ2v) is 7.36. The summed E-state index contributed by atoms with van der Waals surface area (Å²) in [6.45, 7) is -2.65. The molecule has 1 unspecified atom stereocenters. The van der Waals surface area contributed by atoms with Crippen molar-refractivity contribution in [2.45, 2.75) is 0 Å². The van der Waals surface area contributed by atoms with E-state index in [0.717, 1.165) is 5.30 Å². The molecule has 0 spiro atoms. The second kappa shape index (κ2) is 6.13. The number of rotatable bonds is 5. The van der Waals surface area contributed by atoms with Crippen LogP contribution in [0.2, 0.25) is 0 Å². The molecule has 0 heterocycles. The standard InChI is InChI=1S/C13H12NO4PS/c1-17-19(20,13-5-3-2-4-6-13)18-12-9-7-11(8-10-12)14(15)16/h2-10H,1H3. The summed E-state index contributed by atoms with van der Waals surface area (Å²) in [6.07, 6.45) is 0. The molecule has 104 valence electrons. The van der Waals surface area contributed by atoms with E-state index in [0.29, 0.717) is 5.75 Å². The van der Waals surface area contributed by atoms with Crippen LogP contribution in [-0.4, -0.2) is 12.0 Å². The summed E-state index contributed by atoms with van der Waals surface area (Å²) in [7, 11) is 1.50. The number of hydrogen-bond donors (Lipinski definition) is 0. The summed E-state index contributed by atoms with van der Waals surface area (Å²) in [4.78, 5) is 10.1. The minimum atomic E-state index is -2.65. The average Bonchev–Trinajstić information content (AvgIpc) is 2.48. The minimum Gasteiger partial charge on any atom is -0.440 e. The van der Waals surface area contributed by atoms with E-state index in [2.05, 4.69) is 0 Å². The highest BCUT2D eigenvalue weighted by Crippen LogP contribution is 2.46. The van der Waals surface area contributed by atoms with Crippen LogP contribution in [0, 0.1) is 10.1 Å². The van der Waals surface area contributed by atoms with Gasteiger partial charge in [0.15, 0.2) is 0 Å². The molecule has 7 heteroatoms. The van der Waals surface area contributed by atoms with Crippen molar-refractivity contribution < 1.29 is 14.0 Å². The molecule has 5 nitrogen and oxygen atoms in total. The van der Waals surface area contributed by atoms with Gasteiger partial charge in [0, 0.05) is 24.5 Å². The summed E-state index contributed by atoms with van der Waals surface area (Å²) < 4.78 is 11.1. The molecule has 0 saturated carbocycles. The van der Waals surface area contributed by atoms with Crippen molar-refractivity contribution in [2.75, 3.05) is 7.11 Å². The van der Waals surface area contributed by atoms with Crippen LogP contribution >= 0.6 is 6.49 Å². The predicted octanol–water partition coefficient (Wildman–Crippen LogP) is 3.26. The van der Waals surface area contributed by atoms with Crippen LogP contribution in [0.3, 0.4) is 0 Å². The first-order chi connectivity index (χ1) is 9.55. The maximum atomic E-state index is 10.6. The maximum absolute atomic E-state index is 10.6. The lowest BCUT2D eigenvalue weighted by Gasteiger charge is -2.21. The molecule has 2 aromatic carbocycles. The zero-order chi connectivity index (χ0) is 14.6. The van der Waals surface area contributed by atoms with E-state index < -0.39 is 11.4 Å². The van der Waals surface area contributed by atoms with E-state index >= 15 is 0 Å². The van der Waals surface area contributed by atoms with E-state index in [1.54, 1.807) is 0 Å². The van der Waals surface area contributed by atoms with Crippen LogP contribution in [-0.2, 0) is 16.3 Å². The Labute approximate surface area is 121 Å². The van der Waals surface area contributed by atoms with Gasteiger partial charge < -0.3 is 9.05 Å². The van der Waals surface area contributed by atoms with Crippen molar-refractivity contribution in [3.63, 3.8) is 0 Å². The van der Waals surface area contributed by atoms with Crippen LogP contribution in [0.25, 0.3) is 0 Å². The first-order valence-electron chi connectivity index (χ1n) is 5.70. The zero-order valence-electron chi connectivity index (χ0n) is 10.6. The molecule has 0 aliphatic rings. The van der Waals surface area contributed by atoms with Crippen molar-refractivity contribution in [1.82, 2.24) is 0 Å². The molecule has 0 aliphatic heterocycles. The lowest BCUT2D eigenvalue weighted by molar-refractivity contribution is -0.384. The van der Waals surface area contributed by atoms with Gasteiger partial charge in [-0.25, -0.2) is 0 Å². The van der Waals surface area contributed by atoms with Gasteiger partial charge in [-0.15, -0.1) is 0 Å². The minimum absolute atomic E-state index is 0.00257. The van der Waals surface area contributed by atoms with Gasteiger partial charge >= 0.3 is 0 Å². The molecule has 20 heavy (non-hydrogen) atoms. The smallest absolute Gasteiger partial charge is 0.269 e. The van der Waals surface area contributed by atoms with Gasteiger partial charge in [0.05, 0.1) is 4.92 Å². The van der Waals surface area contributed by atoms with Crippen LogP contribution in [0.15, 0.2) is 54.6 Å². The molecule has 0 aromatic heterocycles. The summed E-state index contributed by atoms with van der Waals surface area (Å²) in [5, 5.41) is 11.4. The molecule has 0 saturated heterocycles. The van der Waals surface area contributed by atoms with E-state index in [1.165, 1.54) is 31.4 Å². The second-order valence-electron chi connectivity index (χ2n) is 3.86. The number of non-ortho nitro benzene ring substituents is 1. The number of nitro groups is 1. The largest absolute Gasteiger partial charge is 0.440 e. The topological polar surface area (TPSA) is 61.6 Å². The molecule has 0 amide bonds. The van der Waals surface area contributed by atoms with Gasteiger partial charge in [0.25, 0.3) is 12.2 Å². The Balaban J connectivity index is 2.26. The third-order valence-corrected chi connectivity index (χ3v) is 5.75. The van der Waals surface area contributed by atoms with Crippen LogP contribution in [0.1, 0.15) is 0 Å². The van der Waals surface area contributed by atoms with Gasteiger partial charge in [-0.3, -0.25) is 10.1 Å². The lowest BCUT2D eigenvalue weighted by atomic mass is 10.3. The van der Waals surface area contributed by atoms with Crippen molar-refractivity contribution >= 4 is 29.3 Å². The summed E-state index contributed by atoms with van der Waals surface area (Å²) in [6, 6.07) is 15.0. The number of nitrogens with zero attached hydrogens (tertiary/aromatic N) is 1. The third kappa shape index (κ3) is 3.22. The Morgan fingerprint density at radius 2 is 1.70 bits per heavy atom. The molecule has 2 rings (SSSR count). The Kier molecular flexibility index (Phi) is 4.49. The SMILES string of the molecule is COP(=S)(Oc1ccc([N+](=O)[O-])cc1)c1ccccc1.